The molecule has 1 fully saturated rings. The number of carboxylic acids is 4. The van der Waals surface area contributed by atoms with E-state index in [4.69, 9.17) is 5.11 Å². The summed E-state index contributed by atoms with van der Waals surface area (Å²) in [6.45, 7) is 4.35. The van der Waals surface area contributed by atoms with Crippen LogP contribution in [0.15, 0.2) is 0 Å². The molecule has 6 amide bonds. The van der Waals surface area contributed by atoms with Crippen LogP contribution in [0.2, 0.25) is 0 Å². The van der Waals surface area contributed by atoms with Crippen molar-refractivity contribution in [1.29, 1.82) is 0 Å². The standard InChI is InChI=1S/C33H52N6O14S/c1-16(2)11-20(36-32(51)23(14-27(45)46)38-31(50)22(13-26(43)44)34-17(3)40)29(48)35-19(9-10-25(41)42)28(47)37-21(12-18-7-5-4-6-8-18)30(49)39-24(15-54)33(52)53/h16,18-24,54H,4-15H2,1-3H3,(H,34,40)(H,35,48)(H,36,51)(H,37,47)(H,38,50)(H,39,49)(H,41,42)(H,43,44)(H,45,46)(H,52,53)/t19-,20-,21-,22-,23-,24-/m0/s1. The van der Waals surface area contributed by atoms with Gasteiger partial charge in [0.25, 0.3) is 0 Å². The molecule has 1 saturated carbocycles. The first kappa shape index (κ1) is 47.1. The SMILES string of the molecule is CC(=O)N[C@@H](CC(=O)O)C(=O)N[C@@H](CC(=O)O)C(=O)N[C@@H](CC(C)C)C(=O)N[C@@H](CCC(=O)O)C(=O)N[C@@H](CC1CCCCC1)C(=O)N[C@@H](CS)C(=O)O. The minimum absolute atomic E-state index is 0.00339. The fourth-order valence-corrected chi connectivity index (χ4v) is 6.03. The molecule has 304 valence electrons. The highest BCUT2D eigenvalue weighted by atomic mass is 32.1. The van der Waals surface area contributed by atoms with Crippen LogP contribution in [0.5, 0.6) is 0 Å². The lowest BCUT2D eigenvalue weighted by molar-refractivity contribution is -0.143. The van der Waals surface area contributed by atoms with Crippen molar-refractivity contribution in [3.05, 3.63) is 0 Å². The normalized spacial score (nSPS) is 16.2. The summed E-state index contributed by atoms with van der Waals surface area (Å²) in [7, 11) is 0. The molecule has 0 aromatic rings. The number of carbonyl (C=O) groups is 10. The monoisotopic (exact) mass is 788 g/mol. The second-order valence-electron chi connectivity index (χ2n) is 13.6. The van der Waals surface area contributed by atoms with E-state index in [1.54, 1.807) is 13.8 Å². The number of hydrogen-bond acceptors (Lipinski definition) is 11. The maximum absolute atomic E-state index is 13.7. The summed E-state index contributed by atoms with van der Waals surface area (Å²) >= 11 is 3.96. The van der Waals surface area contributed by atoms with Crippen LogP contribution in [0.4, 0.5) is 0 Å². The van der Waals surface area contributed by atoms with E-state index in [9.17, 15) is 63.3 Å². The molecular weight excluding hydrogens is 736 g/mol. The first-order valence-corrected chi connectivity index (χ1v) is 18.1. The third-order valence-electron chi connectivity index (χ3n) is 8.43. The Balaban J connectivity index is 3.35. The van der Waals surface area contributed by atoms with Gasteiger partial charge in [-0.15, -0.1) is 0 Å². The molecular formula is C33H52N6O14S. The van der Waals surface area contributed by atoms with E-state index in [-0.39, 0.29) is 30.4 Å². The van der Waals surface area contributed by atoms with Crippen LogP contribution in [0, 0.1) is 11.8 Å². The minimum atomic E-state index is -1.86. The third-order valence-corrected chi connectivity index (χ3v) is 8.79. The van der Waals surface area contributed by atoms with Gasteiger partial charge in [-0.2, -0.15) is 12.6 Å². The summed E-state index contributed by atoms with van der Waals surface area (Å²) in [5.74, 6) is -12.2. The Morgan fingerprint density at radius 1 is 0.574 bits per heavy atom. The highest BCUT2D eigenvalue weighted by Gasteiger charge is 2.35. The third kappa shape index (κ3) is 18.2. The molecule has 54 heavy (non-hydrogen) atoms. The van der Waals surface area contributed by atoms with Crippen LogP contribution < -0.4 is 31.9 Å². The van der Waals surface area contributed by atoms with Gasteiger partial charge in [0.1, 0.15) is 36.3 Å². The zero-order chi connectivity index (χ0) is 41.1. The number of aliphatic carboxylic acids is 4. The van der Waals surface area contributed by atoms with E-state index >= 15 is 0 Å². The van der Waals surface area contributed by atoms with E-state index in [2.05, 4.69) is 44.5 Å². The molecule has 0 saturated heterocycles. The summed E-state index contributed by atoms with van der Waals surface area (Å²) in [4.78, 5) is 124. The fourth-order valence-electron chi connectivity index (χ4n) is 5.79. The molecule has 0 aliphatic heterocycles. The fraction of sp³-hybridized carbons (Fsp3) is 0.697. The molecule has 0 aromatic heterocycles. The molecule has 0 heterocycles. The van der Waals surface area contributed by atoms with Gasteiger partial charge in [-0.05, 0) is 31.1 Å². The predicted octanol–water partition coefficient (Wildman–Crippen LogP) is -1.24. The summed E-state index contributed by atoms with van der Waals surface area (Å²) in [5, 5.41) is 51.1. The van der Waals surface area contributed by atoms with Crippen LogP contribution in [-0.2, 0) is 47.9 Å². The van der Waals surface area contributed by atoms with Crippen LogP contribution in [0.1, 0.15) is 91.4 Å². The van der Waals surface area contributed by atoms with Crippen LogP contribution >= 0.6 is 12.6 Å². The van der Waals surface area contributed by atoms with Gasteiger partial charge in [0.2, 0.25) is 35.4 Å². The maximum atomic E-state index is 13.7. The average molecular weight is 789 g/mol. The Bertz CT molecular complexity index is 1370. The van der Waals surface area contributed by atoms with Gasteiger partial charge in [0.15, 0.2) is 0 Å². The van der Waals surface area contributed by atoms with Crippen LogP contribution in [0.3, 0.4) is 0 Å². The second-order valence-corrected chi connectivity index (χ2v) is 13.9. The minimum Gasteiger partial charge on any atom is -0.481 e. The van der Waals surface area contributed by atoms with Gasteiger partial charge in [-0.3, -0.25) is 43.2 Å². The van der Waals surface area contributed by atoms with Crippen molar-refractivity contribution in [1.82, 2.24) is 31.9 Å². The number of carboxylic acid groups (broad SMARTS) is 4. The Labute approximate surface area is 317 Å². The summed E-state index contributed by atoms with van der Waals surface area (Å²) < 4.78 is 0. The number of nitrogens with one attached hydrogen (secondary N) is 6. The molecule has 0 spiro atoms. The van der Waals surface area contributed by atoms with Gasteiger partial charge in [0, 0.05) is 19.1 Å². The molecule has 1 rings (SSSR count). The molecule has 0 unspecified atom stereocenters. The predicted molar refractivity (Wildman–Crippen MR) is 191 cm³/mol. The molecule has 0 aromatic carbocycles. The van der Waals surface area contributed by atoms with Crippen molar-refractivity contribution < 1.29 is 68.4 Å². The van der Waals surface area contributed by atoms with E-state index in [0.29, 0.717) is 0 Å². The Morgan fingerprint density at radius 3 is 1.46 bits per heavy atom. The Kier molecular flexibility index (Phi) is 20.6. The van der Waals surface area contributed by atoms with Crippen molar-refractivity contribution >= 4 is 71.9 Å². The van der Waals surface area contributed by atoms with Crippen LogP contribution in [0.25, 0.3) is 0 Å². The molecule has 0 radical (unpaired) electrons. The molecule has 6 atom stereocenters. The molecule has 20 nitrogen and oxygen atoms in total. The van der Waals surface area contributed by atoms with E-state index in [1.165, 1.54) is 0 Å². The summed E-state index contributed by atoms with van der Waals surface area (Å²) in [6.07, 6.45) is 1.30. The maximum Gasteiger partial charge on any atom is 0.327 e. The molecule has 1 aliphatic rings. The van der Waals surface area contributed by atoms with Gasteiger partial charge in [-0.25, -0.2) is 4.79 Å². The quantitative estimate of drug-likeness (QED) is 0.0510. The van der Waals surface area contributed by atoms with Gasteiger partial charge < -0.3 is 52.3 Å². The zero-order valence-corrected chi connectivity index (χ0v) is 31.3. The average Bonchev–Trinajstić information content (AvgIpc) is 3.06. The number of thiol groups is 1. The summed E-state index contributed by atoms with van der Waals surface area (Å²) in [5.41, 5.74) is 0. The topological polar surface area (TPSA) is 324 Å². The van der Waals surface area contributed by atoms with E-state index in [0.717, 1.165) is 39.0 Å². The van der Waals surface area contributed by atoms with Crippen molar-refractivity contribution in [2.24, 2.45) is 11.8 Å². The molecule has 21 heteroatoms. The summed E-state index contributed by atoms with van der Waals surface area (Å²) in [6, 6.07) is -9.24. The van der Waals surface area contributed by atoms with E-state index < -0.39 is 121 Å². The lowest BCUT2D eigenvalue weighted by atomic mass is 9.84. The number of hydrogen-bond donors (Lipinski definition) is 11. The lowest BCUT2D eigenvalue weighted by Gasteiger charge is -2.29. The van der Waals surface area contributed by atoms with Gasteiger partial charge in [-0.1, -0.05) is 46.0 Å². The Hall–Kier alpha value is -4.95. The lowest BCUT2D eigenvalue weighted by Crippen LogP contribution is -2.60. The number of amides is 6. The van der Waals surface area contributed by atoms with Crippen molar-refractivity contribution in [3.63, 3.8) is 0 Å². The first-order valence-electron chi connectivity index (χ1n) is 17.5. The smallest absolute Gasteiger partial charge is 0.327 e. The molecule has 1 aliphatic carbocycles. The van der Waals surface area contributed by atoms with Crippen molar-refractivity contribution in [2.45, 2.75) is 128 Å². The Morgan fingerprint density at radius 2 is 1.00 bits per heavy atom. The number of rotatable bonds is 24. The highest BCUT2D eigenvalue weighted by molar-refractivity contribution is 7.80. The number of carbonyl (C=O) groups excluding carboxylic acids is 6. The second kappa shape index (κ2) is 23.7. The zero-order valence-electron chi connectivity index (χ0n) is 30.4. The molecule has 10 N–H and O–H groups in total. The van der Waals surface area contributed by atoms with E-state index in [1.807, 2.05) is 0 Å². The molecule has 0 bridgehead atoms. The largest absolute Gasteiger partial charge is 0.481 e. The van der Waals surface area contributed by atoms with Crippen molar-refractivity contribution in [2.75, 3.05) is 5.75 Å². The van der Waals surface area contributed by atoms with Crippen molar-refractivity contribution in [3.8, 4) is 0 Å². The van der Waals surface area contributed by atoms with Gasteiger partial charge in [0.05, 0.1) is 12.8 Å². The first-order chi connectivity index (χ1) is 25.2. The highest BCUT2D eigenvalue weighted by Crippen LogP contribution is 2.27. The van der Waals surface area contributed by atoms with Gasteiger partial charge >= 0.3 is 23.9 Å². The van der Waals surface area contributed by atoms with Crippen LogP contribution in [-0.4, -0.2) is 122 Å².